The van der Waals surface area contributed by atoms with Crippen molar-refractivity contribution in [3.05, 3.63) is 41.5 Å². The maximum Gasteiger partial charge on any atom is 0.309 e. The molecule has 206 valence electrons. The highest BCUT2D eigenvalue weighted by Crippen LogP contribution is 2.43. The molecule has 0 N–H and O–H groups in total. The van der Waals surface area contributed by atoms with E-state index < -0.39 is 11.6 Å². The summed E-state index contributed by atoms with van der Waals surface area (Å²) < 4.78 is 40.0. The summed E-state index contributed by atoms with van der Waals surface area (Å²) in [5.74, 6) is 0.739. The van der Waals surface area contributed by atoms with Crippen LogP contribution in [0.15, 0.2) is 24.3 Å². The first-order chi connectivity index (χ1) is 18.0. The molecule has 3 fully saturated rings. The normalized spacial score (nSPS) is 30.8. The second-order valence-electron chi connectivity index (χ2n) is 11.7. The van der Waals surface area contributed by atoms with Crippen LogP contribution in [0, 0.1) is 35.3 Å². The molecular weight excluding hydrogens is 470 g/mol. The van der Waals surface area contributed by atoms with Crippen LogP contribution in [0.25, 0.3) is 0 Å². The number of hydrogen-bond acceptors (Lipinski definition) is 3. The lowest BCUT2D eigenvalue weighted by Crippen LogP contribution is -2.32. The molecule has 0 saturated heterocycles. The Balaban J connectivity index is 1.17. The van der Waals surface area contributed by atoms with Crippen molar-refractivity contribution >= 4 is 5.97 Å². The smallest absolute Gasteiger partial charge is 0.309 e. The molecule has 3 aliphatic carbocycles. The Hall–Kier alpha value is -1.91. The van der Waals surface area contributed by atoms with Gasteiger partial charge in [0, 0.05) is 0 Å². The molecule has 3 aliphatic rings. The van der Waals surface area contributed by atoms with E-state index >= 15 is 0 Å². The van der Waals surface area contributed by atoms with E-state index in [1.807, 2.05) is 0 Å². The van der Waals surface area contributed by atoms with Crippen molar-refractivity contribution in [1.29, 1.82) is 0 Å². The van der Waals surface area contributed by atoms with Gasteiger partial charge in [-0.2, -0.15) is 4.39 Å². The fourth-order valence-electron chi connectivity index (χ4n) is 7.15. The Morgan fingerprint density at radius 3 is 2.16 bits per heavy atom. The fourth-order valence-corrected chi connectivity index (χ4v) is 7.15. The highest BCUT2D eigenvalue weighted by molar-refractivity contribution is 5.72. The molecule has 0 heterocycles. The van der Waals surface area contributed by atoms with Gasteiger partial charge in [0.1, 0.15) is 6.10 Å². The van der Waals surface area contributed by atoms with Gasteiger partial charge in [-0.15, -0.1) is 0 Å². The molecule has 5 heteroatoms. The fraction of sp³-hybridized carbons (Fsp3) is 0.719. The van der Waals surface area contributed by atoms with Gasteiger partial charge in [0.2, 0.25) is 5.82 Å². The molecule has 1 aromatic rings. The minimum absolute atomic E-state index is 0.0313. The third kappa shape index (κ3) is 7.35. The van der Waals surface area contributed by atoms with Gasteiger partial charge >= 0.3 is 5.97 Å². The maximum atomic E-state index is 14.6. The summed E-state index contributed by atoms with van der Waals surface area (Å²) in [5, 5.41) is 0. The third-order valence-electron chi connectivity index (χ3n) is 9.41. The first kappa shape index (κ1) is 28.1. The predicted molar refractivity (Wildman–Crippen MR) is 144 cm³/mol. The van der Waals surface area contributed by atoms with Gasteiger partial charge in [0.25, 0.3) is 0 Å². The van der Waals surface area contributed by atoms with Crippen molar-refractivity contribution in [1.82, 2.24) is 0 Å². The number of carbonyl (C=O) groups excluding carboxylic acids is 1. The molecule has 0 amide bonds. The van der Waals surface area contributed by atoms with Crippen molar-refractivity contribution in [2.24, 2.45) is 23.7 Å². The van der Waals surface area contributed by atoms with Crippen LogP contribution >= 0.6 is 0 Å². The minimum atomic E-state index is -0.902. The van der Waals surface area contributed by atoms with Crippen LogP contribution < -0.4 is 4.74 Å². The van der Waals surface area contributed by atoms with E-state index in [2.05, 4.69) is 19.1 Å². The van der Waals surface area contributed by atoms with E-state index in [0.29, 0.717) is 37.9 Å². The summed E-state index contributed by atoms with van der Waals surface area (Å²) in [6, 6.07) is 3.17. The highest BCUT2D eigenvalue weighted by Gasteiger charge is 2.35. The van der Waals surface area contributed by atoms with E-state index in [1.165, 1.54) is 44.6 Å². The minimum Gasteiger partial charge on any atom is -0.491 e. The lowest BCUT2D eigenvalue weighted by Gasteiger charge is -2.38. The van der Waals surface area contributed by atoms with Crippen LogP contribution in [-0.4, -0.2) is 18.7 Å². The van der Waals surface area contributed by atoms with Gasteiger partial charge in [0.05, 0.1) is 12.5 Å². The van der Waals surface area contributed by atoms with Gasteiger partial charge in [-0.05, 0) is 126 Å². The largest absolute Gasteiger partial charge is 0.491 e. The van der Waals surface area contributed by atoms with Crippen molar-refractivity contribution in [3.63, 3.8) is 0 Å². The van der Waals surface area contributed by atoms with Crippen LogP contribution in [0.2, 0.25) is 0 Å². The summed E-state index contributed by atoms with van der Waals surface area (Å²) >= 11 is 0. The number of rotatable bonds is 9. The molecule has 0 atom stereocenters. The summed E-state index contributed by atoms with van der Waals surface area (Å²) in [6.07, 6.45) is 19.4. The molecule has 3 nitrogen and oxygen atoms in total. The van der Waals surface area contributed by atoms with E-state index in [4.69, 9.17) is 9.47 Å². The van der Waals surface area contributed by atoms with Crippen molar-refractivity contribution in [2.75, 3.05) is 6.61 Å². The number of esters is 1. The van der Waals surface area contributed by atoms with Crippen LogP contribution in [0.1, 0.15) is 115 Å². The van der Waals surface area contributed by atoms with E-state index in [1.54, 1.807) is 13.0 Å². The molecule has 0 aromatic heterocycles. The molecule has 3 saturated carbocycles. The second-order valence-corrected chi connectivity index (χ2v) is 11.7. The molecule has 0 unspecified atom stereocenters. The lowest BCUT2D eigenvalue weighted by molar-refractivity contribution is -0.157. The molecule has 0 radical (unpaired) electrons. The van der Waals surface area contributed by atoms with Gasteiger partial charge in [-0.25, -0.2) is 4.39 Å². The van der Waals surface area contributed by atoms with Gasteiger partial charge in [0.15, 0.2) is 11.6 Å². The molecule has 0 aliphatic heterocycles. The monoisotopic (exact) mass is 516 g/mol. The standard InChI is InChI=1S/C32H46F2O3/c1-3-5-6-7-22-8-10-23(11-9-22)24-12-14-26(15-13-24)32(35)37-27-18-16-25(17-19-27)28-20-21-29(36-4-2)31(34)30(28)33/h3,5,20-27H,4,6-19H2,1-2H3/b5-3+. The van der Waals surface area contributed by atoms with Crippen LogP contribution in [0.4, 0.5) is 8.78 Å². The molecule has 0 spiro atoms. The van der Waals surface area contributed by atoms with Gasteiger partial charge in [-0.1, -0.05) is 31.1 Å². The van der Waals surface area contributed by atoms with Crippen molar-refractivity contribution in [2.45, 2.75) is 116 Å². The first-order valence-corrected chi connectivity index (χ1v) is 14.9. The summed E-state index contributed by atoms with van der Waals surface area (Å²) in [4.78, 5) is 12.9. The number of halogens is 2. The van der Waals surface area contributed by atoms with Crippen LogP contribution in [-0.2, 0) is 9.53 Å². The number of allylic oxidation sites excluding steroid dienone is 2. The number of carbonyl (C=O) groups is 1. The molecule has 0 bridgehead atoms. The summed E-state index contributed by atoms with van der Waals surface area (Å²) in [6.45, 7) is 4.15. The first-order valence-electron chi connectivity index (χ1n) is 14.9. The summed E-state index contributed by atoms with van der Waals surface area (Å²) in [5.41, 5.74) is 0.413. The topological polar surface area (TPSA) is 35.5 Å². The summed E-state index contributed by atoms with van der Waals surface area (Å²) in [7, 11) is 0. The molecule has 37 heavy (non-hydrogen) atoms. The quantitative estimate of drug-likeness (QED) is 0.243. The maximum absolute atomic E-state index is 14.6. The Kier molecular flexibility index (Phi) is 10.5. The highest BCUT2D eigenvalue weighted by atomic mass is 19.2. The number of hydrogen-bond donors (Lipinski definition) is 0. The third-order valence-corrected chi connectivity index (χ3v) is 9.41. The Morgan fingerprint density at radius 1 is 0.892 bits per heavy atom. The van der Waals surface area contributed by atoms with Crippen molar-refractivity contribution < 1.29 is 23.0 Å². The lowest BCUT2D eigenvalue weighted by atomic mass is 9.68. The van der Waals surface area contributed by atoms with Gasteiger partial charge < -0.3 is 9.47 Å². The zero-order valence-corrected chi connectivity index (χ0v) is 22.9. The Labute approximate surface area is 222 Å². The molecule has 4 rings (SSSR count). The van der Waals surface area contributed by atoms with Crippen LogP contribution in [0.5, 0.6) is 5.75 Å². The molecule has 1 aromatic carbocycles. The zero-order chi connectivity index (χ0) is 26.2. The Morgan fingerprint density at radius 2 is 1.54 bits per heavy atom. The second kappa shape index (κ2) is 13.8. The van der Waals surface area contributed by atoms with E-state index in [0.717, 1.165) is 43.4 Å². The van der Waals surface area contributed by atoms with Gasteiger partial charge in [-0.3, -0.25) is 4.79 Å². The number of benzene rings is 1. The predicted octanol–water partition coefficient (Wildman–Crippen LogP) is 8.90. The zero-order valence-electron chi connectivity index (χ0n) is 22.9. The number of ether oxygens (including phenoxy) is 2. The van der Waals surface area contributed by atoms with E-state index in [-0.39, 0.29) is 29.7 Å². The average molecular weight is 517 g/mol. The average Bonchev–Trinajstić information content (AvgIpc) is 2.93. The van der Waals surface area contributed by atoms with Crippen LogP contribution in [0.3, 0.4) is 0 Å². The van der Waals surface area contributed by atoms with Crippen molar-refractivity contribution in [3.8, 4) is 5.75 Å². The SMILES string of the molecule is C/C=C/CCC1CCC(C2CCC(C(=O)OC3CCC(c4ccc(OCC)c(F)c4F)CC3)CC2)CC1. The molecular formula is C32H46F2O3. The van der Waals surface area contributed by atoms with E-state index in [9.17, 15) is 13.6 Å². The Bertz CT molecular complexity index is 890.